The Labute approximate surface area is 213 Å². The maximum Gasteiger partial charge on any atom is 0.526 e. The van der Waals surface area contributed by atoms with Crippen LogP contribution in [0.15, 0.2) is 42.5 Å². The summed E-state index contributed by atoms with van der Waals surface area (Å²) in [7, 11) is -1.41. The fraction of sp³-hybridized carbons (Fsp3) is 0.346. The second kappa shape index (κ2) is 10.2. The quantitative estimate of drug-likeness (QED) is 0.259. The molecule has 2 amide bonds. The number of nitrogens with zero attached hydrogens (tertiary/aromatic N) is 1. The van der Waals surface area contributed by atoms with Crippen molar-refractivity contribution in [2.45, 2.75) is 39.4 Å². The lowest BCUT2D eigenvalue weighted by molar-refractivity contribution is -0.161. The van der Waals surface area contributed by atoms with Crippen LogP contribution in [-0.4, -0.2) is 59.9 Å². The van der Waals surface area contributed by atoms with Gasteiger partial charge in [0.15, 0.2) is 5.78 Å². The van der Waals surface area contributed by atoms with Crippen molar-refractivity contribution < 1.29 is 43.1 Å². The highest BCUT2D eigenvalue weighted by Gasteiger charge is 2.40. The molecule has 0 aliphatic carbocycles. The zero-order chi connectivity index (χ0) is 26.9. The Bertz CT molecular complexity index is 1250. The fourth-order valence-corrected chi connectivity index (χ4v) is 4.17. The van der Waals surface area contributed by atoms with Gasteiger partial charge in [-0.15, -0.1) is 0 Å². The molecule has 37 heavy (non-hydrogen) atoms. The maximum atomic E-state index is 12.8. The van der Waals surface area contributed by atoms with Crippen molar-refractivity contribution in [3.05, 3.63) is 64.7 Å². The van der Waals surface area contributed by atoms with E-state index in [1.807, 2.05) is 0 Å². The van der Waals surface area contributed by atoms with Crippen molar-refractivity contribution in [2.75, 3.05) is 13.3 Å². The van der Waals surface area contributed by atoms with Crippen LogP contribution in [0.2, 0.25) is 5.82 Å². The summed E-state index contributed by atoms with van der Waals surface area (Å²) in [6.45, 7) is 4.01. The molecule has 0 bridgehead atoms. The van der Waals surface area contributed by atoms with E-state index in [0.29, 0.717) is 5.56 Å². The second-order valence-electron chi connectivity index (χ2n) is 9.98. The molecule has 0 aromatic heterocycles. The summed E-state index contributed by atoms with van der Waals surface area (Å²) in [5, 5.41) is 10.6. The van der Waals surface area contributed by atoms with Gasteiger partial charge in [-0.3, -0.25) is 24.1 Å². The first-order valence-corrected chi connectivity index (χ1v) is 11.7. The maximum absolute atomic E-state index is 12.8. The van der Waals surface area contributed by atoms with Crippen LogP contribution in [0.1, 0.15) is 63.8 Å². The summed E-state index contributed by atoms with van der Waals surface area (Å²) in [6, 6.07) is 11.1. The topological polar surface area (TPSA) is 137 Å². The van der Waals surface area contributed by atoms with Crippen molar-refractivity contribution >= 4 is 36.7 Å². The van der Waals surface area contributed by atoms with Gasteiger partial charge >= 0.3 is 19.1 Å². The van der Waals surface area contributed by atoms with Crippen LogP contribution in [0.25, 0.3) is 0 Å². The number of esters is 2. The zero-order valence-corrected chi connectivity index (χ0v) is 20.7. The Morgan fingerprint density at radius 3 is 2.30 bits per heavy atom. The van der Waals surface area contributed by atoms with E-state index in [2.05, 4.69) is 0 Å². The fourth-order valence-electron chi connectivity index (χ4n) is 4.17. The number of hydrogen-bond acceptors (Lipinski definition) is 9. The number of hydrogen-bond donors (Lipinski definition) is 1. The minimum atomic E-state index is -1.41. The second-order valence-corrected chi connectivity index (χ2v) is 9.98. The van der Waals surface area contributed by atoms with Gasteiger partial charge < -0.3 is 19.2 Å². The van der Waals surface area contributed by atoms with Crippen molar-refractivity contribution in [1.82, 2.24) is 4.90 Å². The molecular weight excluding hydrogens is 481 g/mol. The van der Waals surface area contributed by atoms with E-state index in [0.717, 1.165) is 4.90 Å². The molecular formula is C26H26BNO9. The van der Waals surface area contributed by atoms with Gasteiger partial charge in [-0.1, -0.05) is 24.3 Å². The number of fused-ring (bicyclic) bond motifs is 2. The zero-order valence-electron chi connectivity index (χ0n) is 20.7. The smallest absolute Gasteiger partial charge is 0.526 e. The van der Waals surface area contributed by atoms with Crippen LogP contribution < -0.4 is 4.65 Å². The predicted octanol–water partition coefficient (Wildman–Crippen LogP) is 2.43. The summed E-state index contributed by atoms with van der Waals surface area (Å²) >= 11 is 0. The average molecular weight is 507 g/mol. The van der Waals surface area contributed by atoms with E-state index < -0.39 is 61.2 Å². The number of para-hydroxylation sites is 1. The van der Waals surface area contributed by atoms with Gasteiger partial charge in [-0.25, -0.2) is 4.79 Å². The molecule has 1 atom stereocenters. The minimum absolute atomic E-state index is 0.0409. The first-order valence-electron chi connectivity index (χ1n) is 11.7. The van der Waals surface area contributed by atoms with Crippen LogP contribution in [-0.2, 0) is 25.5 Å². The number of imide groups is 1. The molecule has 4 rings (SSSR count). The third-order valence-electron chi connectivity index (χ3n) is 6.14. The monoisotopic (exact) mass is 507 g/mol. The summed E-state index contributed by atoms with van der Waals surface area (Å²) in [5.41, 5.74) is 0.368. The van der Waals surface area contributed by atoms with Gasteiger partial charge in [0, 0.05) is 12.2 Å². The molecule has 0 fully saturated rings. The molecule has 1 N–H and O–H groups in total. The van der Waals surface area contributed by atoms with Gasteiger partial charge in [0.2, 0.25) is 6.79 Å². The highest BCUT2D eigenvalue weighted by molar-refractivity contribution is 6.47. The first-order chi connectivity index (χ1) is 17.5. The van der Waals surface area contributed by atoms with E-state index in [1.165, 1.54) is 18.2 Å². The van der Waals surface area contributed by atoms with Crippen molar-refractivity contribution in [1.29, 1.82) is 0 Å². The highest BCUT2D eigenvalue weighted by atomic mass is 16.7. The number of ether oxygens (including phenoxy) is 2. The van der Waals surface area contributed by atoms with E-state index in [4.69, 9.17) is 14.1 Å². The number of Topliss-reactive ketones (excluding diaryl/α,β-unsaturated/α-hetero) is 1. The van der Waals surface area contributed by atoms with E-state index in [-0.39, 0.29) is 35.3 Å². The molecule has 0 radical (unpaired) electrons. The summed E-state index contributed by atoms with van der Waals surface area (Å²) < 4.78 is 15.6. The molecule has 0 saturated heterocycles. The van der Waals surface area contributed by atoms with Crippen LogP contribution in [0.3, 0.4) is 0 Å². The molecule has 11 heteroatoms. The van der Waals surface area contributed by atoms with Crippen LogP contribution in [0.5, 0.6) is 5.75 Å². The lowest BCUT2D eigenvalue weighted by atomic mass is 9.64. The van der Waals surface area contributed by atoms with Crippen molar-refractivity contribution in [3.8, 4) is 5.75 Å². The normalized spacial score (nSPS) is 16.6. The number of amides is 2. The standard InChI is InChI=1S/C26H26BNO9/c1-26(2,3)25(33)36-14-35-24(32)20-10-6-7-15-11-16(27(34)37-21(15)20)12-17(29)13-28-22(30)18-8-4-5-9-19(18)23(28)31/h4-10,16,34H,11-14H2,1-3H3/t16-/m1/s1. The molecule has 192 valence electrons. The Hall–Kier alpha value is -3.99. The van der Waals surface area contributed by atoms with E-state index in [1.54, 1.807) is 45.0 Å². The Morgan fingerprint density at radius 1 is 1.03 bits per heavy atom. The summed E-state index contributed by atoms with van der Waals surface area (Å²) in [5.74, 6) is -3.35. The molecule has 10 nitrogen and oxygen atoms in total. The van der Waals surface area contributed by atoms with Crippen LogP contribution >= 0.6 is 0 Å². The first kappa shape index (κ1) is 26.1. The molecule has 2 aromatic carbocycles. The Kier molecular flexibility index (Phi) is 7.17. The Balaban J connectivity index is 1.38. The van der Waals surface area contributed by atoms with Crippen molar-refractivity contribution in [2.24, 2.45) is 5.41 Å². The minimum Gasteiger partial charge on any atom is -0.535 e. The van der Waals surface area contributed by atoms with Gasteiger partial charge in [0.25, 0.3) is 11.8 Å². The summed E-state index contributed by atoms with van der Waals surface area (Å²) in [4.78, 5) is 63.1. The average Bonchev–Trinajstić information content (AvgIpc) is 3.08. The van der Waals surface area contributed by atoms with Gasteiger partial charge in [0.1, 0.15) is 11.3 Å². The van der Waals surface area contributed by atoms with Crippen LogP contribution in [0, 0.1) is 5.41 Å². The molecule has 2 aliphatic heterocycles. The van der Waals surface area contributed by atoms with Crippen LogP contribution in [0.4, 0.5) is 0 Å². The molecule has 0 unspecified atom stereocenters. The largest absolute Gasteiger partial charge is 0.535 e. The molecule has 2 aliphatic rings. The molecule has 2 aromatic rings. The molecule has 0 saturated carbocycles. The van der Waals surface area contributed by atoms with E-state index >= 15 is 0 Å². The summed E-state index contributed by atoms with van der Waals surface area (Å²) in [6.07, 6.45) is 0.0654. The van der Waals surface area contributed by atoms with E-state index in [9.17, 15) is 29.0 Å². The van der Waals surface area contributed by atoms with Crippen molar-refractivity contribution in [3.63, 3.8) is 0 Å². The highest BCUT2D eigenvalue weighted by Crippen LogP contribution is 2.37. The number of benzene rings is 2. The number of rotatable bonds is 7. The van der Waals surface area contributed by atoms with Gasteiger partial charge in [0.05, 0.1) is 23.1 Å². The third-order valence-corrected chi connectivity index (χ3v) is 6.14. The predicted molar refractivity (Wildman–Crippen MR) is 130 cm³/mol. The molecule has 0 spiro atoms. The number of ketones is 1. The number of carbonyl (C=O) groups excluding carboxylic acids is 5. The van der Waals surface area contributed by atoms with Gasteiger partial charge in [-0.05, 0) is 51.0 Å². The lowest BCUT2D eigenvalue weighted by Gasteiger charge is -2.28. The Morgan fingerprint density at radius 2 is 1.68 bits per heavy atom. The number of carbonyl (C=O) groups is 5. The SMILES string of the molecule is CC(C)(C)C(=O)OCOC(=O)c1cccc2c1OB(O)[C@@H](CC(=O)CN1C(=O)c3ccccc3C1=O)C2. The lowest BCUT2D eigenvalue weighted by Crippen LogP contribution is -2.39. The molecule has 2 heterocycles. The van der Waals surface area contributed by atoms with Gasteiger partial charge in [-0.2, -0.15) is 0 Å². The third kappa shape index (κ3) is 5.41.